The highest BCUT2D eigenvalue weighted by Gasteiger charge is 2.08. The minimum absolute atomic E-state index is 0.0855. The fraction of sp³-hybridized carbons (Fsp3) is 0.111. The molecule has 0 aliphatic heterocycles. The molecule has 1 heterocycles. The molecular weight excluding hydrogens is 294 g/mol. The van der Waals surface area contributed by atoms with Gasteiger partial charge in [-0.05, 0) is 48.0 Å². The molecule has 23 heavy (non-hydrogen) atoms. The molecule has 3 rings (SSSR count). The van der Waals surface area contributed by atoms with E-state index in [4.69, 9.17) is 9.47 Å². The van der Waals surface area contributed by atoms with Crippen molar-refractivity contribution in [1.29, 1.82) is 0 Å². The van der Waals surface area contributed by atoms with Crippen molar-refractivity contribution in [1.82, 2.24) is 4.98 Å². The van der Waals surface area contributed by atoms with Crippen molar-refractivity contribution in [2.24, 2.45) is 0 Å². The first kappa shape index (κ1) is 14.8. The average molecular weight is 309 g/mol. The van der Waals surface area contributed by atoms with Crippen LogP contribution in [0.15, 0.2) is 54.7 Å². The van der Waals surface area contributed by atoms with E-state index >= 15 is 0 Å². The first-order valence-corrected chi connectivity index (χ1v) is 7.19. The quantitative estimate of drug-likeness (QED) is 0.740. The number of ether oxygens (including phenoxy) is 2. The van der Waals surface area contributed by atoms with Crippen molar-refractivity contribution >= 4 is 16.7 Å². The summed E-state index contributed by atoms with van der Waals surface area (Å²) in [6.45, 7) is 2.13. The maximum absolute atomic E-state index is 11.7. The number of hydrogen-bond donors (Lipinski definition) is 1. The van der Waals surface area contributed by atoms with Crippen LogP contribution in [-0.2, 0) is 4.74 Å². The number of nitrogens with zero attached hydrogens (tertiary/aromatic N) is 1. The van der Waals surface area contributed by atoms with E-state index in [0.29, 0.717) is 23.8 Å². The Hall–Kier alpha value is -3.08. The fourth-order valence-electron chi connectivity index (χ4n) is 2.18. The van der Waals surface area contributed by atoms with Crippen molar-refractivity contribution in [2.75, 3.05) is 6.61 Å². The number of hydrogen-bond acceptors (Lipinski definition) is 5. The lowest BCUT2D eigenvalue weighted by molar-refractivity contribution is 0.0526. The number of rotatable bonds is 4. The average Bonchev–Trinajstić information content (AvgIpc) is 2.57. The molecule has 0 aliphatic rings. The second kappa shape index (κ2) is 6.36. The molecule has 0 radical (unpaired) electrons. The molecule has 0 unspecified atom stereocenters. The second-order valence-corrected chi connectivity index (χ2v) is 4.90. The van der Waals surface area contributed by atoms with Crippen LogP contribution < -0.4 is 4.74 Å². The van der Waals surface area contributed by atoms with Crippen LogP contribution in [-0.4, -0.2) is 22.7 Å². The standard InChI is InChI=1S/C18H15NO4/c1-2-22-18(21)14-4-3-13-10-16(7-5-12(13)9-14)23-17-8-6-15(20)11-19-17/h3-11,20H,2H2,1H3. The third-order valence-electron chi connectivity index (χ3n) is 3.27. The summed E-state index contributed by atoms with van der Waals surface area (Å²) in [5.74, 6) is 0.773. The molecule has 0 aliphatic carbocycles. The molecule has 0 bridgehead atoms. The molecule has 0 amide bonds. The number of fused-ring (bicyclic) bond motifs is 1. The molecule has 0 atom stereocenters. The summed E-state index contributed by atoms with van der Waals surface area (Å²) >= 11 is 0. The lowest BCUT2D eigenvalue weighted by Gasteiger charge is -2.07. The number of aromatic hydroxyl groups is 1. The summed E-state index contributed by atoms with van der Waals surface area (Å²) in [5.41, 5.74) is 0.521. The van der Waals surface area contributed by atoms with Gasteiger partial charge in [0.15, 0.2) is 0 Å². The molecule has 0 fully saturated rings. The van der Waals surface area contributed by atoms with E-state index in [1.54, 1.807) is 31.2 Å². The Kier molecular flexibility index (Phi) is 4.10. The Bertz CT molecular complexity index is 843. The van der Waals surface area contributed by atoms with E-state index in [-0.39, 0.29) is 11.7 Å². The molecule has 5 heteroatoms. The first-order valence-electron chi connectivity index (χ1n) is 7.19. The summed E-state index contributed by atoms with van der Waals surface area (Å²) in [6.07, 6.45) is 1.32. The Morgan fingerprint density at radius 3 is 2.61 bits per heavy atom. The van der Waals surface area contributed by atoms with Crippen molar-refractivity contribution in [2.45, 2.75) is 6.92 Å². The van der Waals surface area contributed by atoms with Gasteiger partial charge in [-0.25, -0.2) is 9.78 Å². The fourth-order valence-corrected chi connectivity index (χ4v) is 2.18. The van der Waals surface area contributed by atoms with E-state index in [0.717, 1.165) is 10.8 Å². The zero-order valence-corrected chi connectivity index (χ0v) is 12.5. The van der Waals surface area contributed by atoms with E-state index in [2.05, 4.69) is 4.98 Å². The van der Waals surface area contributed by atoms with Crippen LogP contribution in [0.3, 0.4) is 0 Å². The van der Waals surface area contributed by atoms with Crippen LogP contribution in [0.2, 0.25) is 0 Å². The van der Waals surface area contributed by atoms with Crippen molar-refractivity contribution in [3.8, 4) is 17.4 Å². The van der Waals surface area contributed by atoms with Gasteiger partial charge in [0.05, 0.1) is 18.4 Å². The Balaban J connectivity index is 1.86. The number of pyridine rings is 1. The van der Waals surface area contributed by atoms with Crippen LogP contribution in [0.1, 0.15) is 17.3 Å². The Morgan fingerprint density at radius 1 is 1.09 bits per heavy atom. The van der Waals surface area contributed by atoms with Crippen LogP contribution >= 0.6 is 0 Å². The molecule has 0 saturated carbocycles. The number of benzene rings is 2. The molecule has 3 aromatic rings. The minimum Gasteiger partial charge on any atom is -0.506 e. The maximum Gasteiger partial charge on any atom is 0.338 e. The second-order valence-electron chi connectivity index (χ2n) is 4.90. The van der Waals surface area contributed by atoms with Gasteiger partial charge in [-0.2, -0.15) is 0 Å². The summed E-state index contributed by atoms with van der Waals surface area (Å²) in [4.78, 5) is 15.7. The molecule has 0 saturated heterocycles. The van der Waals surface area contributed by atoms with E-state index < -0.39 is 0 Å². The van der Waals surface area contributed by atoms with Gasteiger partial charge in [-0.15, -0.1) is 0 Å². The highest BCUT2D eigenvalue weighted by Crippen LogP contribution is 2.26. The molecule has 5 nitrogen and oxygen atoms in total. The van der Waals surface area contributed by atoms with Gasteiger partial charge in [0.1, 0.15) is 11.5 Å². The van der Waals surface area contributed by atoms with E-state index in [1.165, 1.54) is 12.3 Å². The van der Waals surface area contributed by atoms with Crippen LogP contribution in [0, 0.1) is 0 Å². The zero-order valence-electron chi connectivity index (χ0n) is 12.5. The van der Waals surface area contributed by atoms with Gasteiger partial charge in [0, 0.05) is 6.07 Å². The summed E-state index contributed by atoms with van der Waals surface area (Å²) in [6, 6.07) is 14.0. The number of aromatic nitrogens is 1. The van der Waals surface area contributed by atoms with E-state index in [9.17, 15) is 9.90 Å². The largest absolute Gasteiger partial charge is 0.506 e. The maximum atomic E-state index is 11.7. The molecule has 0 spiro atoms. The van der Waals surface area contributed by atoms with E-state index in [1.807, 2.05) is 18.2 Å². The topological polar surface area (TPSA) is 68.7 Å². The SMILES string of the molecule is CCOC(=O)c1ccc2cc(Oc3ccc(O)cn3)ccc2c1. The number of esters is 1. The summed E-state index contributed by atoms with van der Waals surface area (Å²) < 4.78 is 10.6. The lowest BCUT2D eigenvalue weighted by Crippen LogP contribution is -2.04. The van der Waals surface area contributed by atoms with Gasteiger partial charge < -0.3 is 14.6 Å². The smallest absolute Gasteiger partial charge is 0.338 e. The Morgan fingerprint density at radius 2 is 1.87 bits per heavy atom. The highest BCUT2D eigenvalue weighted by molar-refractivity contribution is 5.95. The van der Waals surface area contributed by atoms with Crippen molar-refractivity contribution in [3.05, 3.63) is 60.3 Å². The molecular formula is C18H15NO4. The lowest BCUT2D eigenvalue weighted by atomic mass is 10.1. The minimum atomic E-state index is -0.331. The highest BCUT2D eigenvalue weighted by atomic mass is 16.5. The van der Waals surface area contributed by atoms with Gasteiger partial charge in [0.25, 0.3) is 0 Å². The van der Waals surface area contributed by atoms with Gasteiger partial charge in [0.2, 0.25) is 5.88 Å². The predicted molar refractivity (Wildman–Crippen MR) is 85.9 cm³/mol. The Labute approximate surface area is 133 Å². The normalized spacial score (nSPS) is 10.5. The number of carbonyl (C=O) groups excluding carboxylic acids is 1. The molecule has 2 aromatic carbocycles. The summed E-state index contributed by atoms with van der Waals surface area (Å²) in [7, 11) is 0. The third-order valence-corrected chi connectivity index (χ3v) is 3.27. The first-order chi connectivity index (χ1) is 11.2. The third kappa shape index (κ3) is 3.40. The molecule has 1 N–H and O–H groups in total. The van der Waals surface area contributed by atoms with Crippen LogP contribution in [0.5, 0.6) is 17.4 Å². The van der Waals surface area contributed by atoms with Gasteiger partial charge in [-0.3, -0.25) is 0 Å². The van der Waals surface area contributed by atoms with Crippen molar-refractivity contribution < 1.29 is 19.4 Å². The number of carbonyl (C=O) groups is 1. The molecule has 116 valence electrons. The van der Waals surface area contributed by atoms with Gasteiger partial charge in [-0.1, -0.05) is 12.1 Å². The monoisotopic (exact) mass is 309 g/mol. The van der Waals surface area contributed by atoms with Crippen molar-refractivity contribution in [3.63, 3.8) is 0 Å². The van der Waals surface area contributed by atoms with Crippen LogP contribution in [0.4, 0.5) is 0 Å². The van der Waals surface area contributed by atoms with Gasteiger partial charge >= 0.3 is 5.97 Å². The predicted octanol–water partition coefficient (Wildman–Crippen LogP) is 3.91. The molecule has 1 aromatic heterocycles. The van der Waals surface area contributed by atoms with Crippen LogP contribution in [0.25, 0.3) is 10.8 Å². The zero-order chi connectivity index (χ0) is 16.2. The summed E-state index contributed by atoms with van der Waals surface area (Å²) in [5, 5.41) is 11.1.